The molecule has 0 unspecified atom stereocenters. The molecule has 1 aromatic rings. The minimum Gasteiger partial charge on any atom is -0.326 e. The van der Waals surface area contributed by atoms with Gasteiger partial charge < -0.3 is 16.0 Å². The second-order valence-corrected chi connectivity index (χ2v) is 4.23. The fourth-order valence-corrected chi connectivity index (χ4v) is 1.95. The molecule has 18 heavy (non-hydrogen) atoms. The lowest BCUT2D eigenvalue weighted by Crippen LogP contribution is -2.34. The molecule has 1 atom stereocenters. The van der Waals surface area contributed by atoms with Gasteiger partial charge in [-0.25, -0.2) is 4.39 Å². The molecule has 1 aliphatic heterocycles. The van der Waals surface area contributed by atoms with Gasteiger partial charge in [0.1, 0.15) is 5.82 Å². The zero-order chi connectivity index (χ0) is 13.3. The van der Waals surface area contributed by atoms with Crippen molar-refractivity contribution >= 4 is 23.2 Å². The number of nitrogens with zero attached hydrogens (tertiary/aromatic N) is 1. The van der Waals surface area contributed by atoms with E-state index < -0.39 is 11.9 Å². The average Bonchev–Trinajstić information content (AvgIpc) is 2.60. The van der Waals surface area contributed by atoms with Gasteiger partial charge in [0.05, 0.1) is 11.7 Å². The van der Waals surface area contributed by atoms with Gasteiger partial charge in [-0.2, -0.15) is 0 Å². The molecule has 0 aliphatic carbocycles. The summed E-state index contributed by atoms with van der Waals surface area (Å²) in [5.41, 5.74) is 6.14. The van der Waals surface area contributed by atoms with E-state index in [-0.39, 0.29) is 17.5 Å². The van der Waals surface area contributed by atoms with Crippen LogP contribution in [0.25, 0.3) is 0 Å². The van der Waals surface area contributed by atoms with Gasteiger partial charge in [0.25, 0.3) is 0 Å². The Morgan fingerprint density at radius 3 is 2.78 bits per heavy atom. The van der Waals surface area contributed by atoms with Crippen molar-refractivity contribution in [1.82, 2.24) is 0 Å². The van der Waals surface area contributed by atoms with Gasteiger partial charge in [0, 0.05) is 19.2 Å². The molecule has 1 fully saturated rings. The minimum absolute atomic E-state index is 0.196. The summed E-state index contributed by atoms with van der Waals surface area (Å²) in [4.78, 5) is 23.9. The molecule has 0 saturated carbocycles. The molecule has 1 aromatic carbocycles. The first-order chi connectivity index (χ1) is 8.49. The smallest absolute Gasteiger partial charge is 0.244 e. The number of hydrogen-bond acceptors (Lipinski definition) is 3. The normalized spacial score (nSPS) is 19.2. The molecule has 0 spiro atoms. The SMILES string of the molecule is CC(=O)Nc1ccc(N2CC[C@H](N)C2=O)c(F)c1. The summed E-state index contributed by atoms with van der Waals surface area (Å²) in [6.07, 6.45) is 0.520. The Labute approximate surface area is 104 Å². The lowest BCUT2D eigenvalue weighted by Gasteiger charge is -2.17. The summed E-state index contributed by atoms with van der Waals surface area (Å²) < 4.78 is 13.9. The van der Waals surface area contributed by atoms with Crippen LogP contribution in [0.15, 0.2) is 18.2 Å². The fraction of sp³-hybridized carbons (Fsp3) is 0.333. The van der Waals surface area contributed by atoms with Crippen molar-refractivity contribution in [3.8, 4) is 0 Å². The third kappa shape index (κ3) is 2.33. The maximum Gasteiger partial charge on any atom is 0.244 e. The van der Waals surface area contributed by atoms with Crippen LogP contribution in [0.3, 0.4) is 0 Å². The third-order valence-corrected chi connectivity index (χ3v) is 2.81. The van der Waals surface area contributed by atoms with Gasteiger partial charge in [0.15, 0.2) is 0 Å². The van der Waals surface area contributed by atoms with Crippen molar-refractivity contribution in [2.45, 2.75) is 19.4 Å². The van der Waals surface area contributed by atoms with E-state index in [0.717, 1.165) is 0 Å². The summed E-state index contributed by atoms with van der Waals surface area (Å²) in [6, 6.07) is 3.65. The topological polar surface area (TPSA) is 75.4 Å². The van der Waals surface area contributed by atoms with E-state index in [9.17, 15) is 14.0 Å². The lowest BCUT2D eigenvalue weighted by atomic mass is 10.2. The van der Waals surface area contributed by atoms with E-state index in [1.807, 2.05) is 0 Å². The van der Waals surface area contributed by atoms with Crippen LogP contribution in [0.2, 0.25) is 0 Å². The molecular weight excluding hydrogens is 237 g/mol. The summed E-state index contributed by atoms with van der Waals surface area (Å²) in [5, 5.41) is 2.48. The first-order valence-corrected chi connectivity index (χ1v) is 5.63. The Kier molecular flexibility index (Phi) is 3.29. The van der Waals surface area contributed by atoms with Crippen LogP contribution < -0.4 is 16.0 Å². The van der Waals surface area contributed by atoms with E-state index in [1.165, 1.54) is 24.0 Å². The Morgan fingerprint density at radius 2 is 2.28 bits per heavy atom. The van der Waals surface area contributed by atoms with Crippen LogP contribution in [-0.4, -0.2) is 24.4 Å². The fourth-order valence-electron chi connectivity index (χ4n) is 1.95. The summed E-state index contributed by atoms with van der Waals surface area (Å²) in [5.74, 6) is -1.11. The van der Waals surface area contributed by atoms with Gasteiger partial charge >= 0.3 is 0 Å². The Bertz CT molecular complexity index is 504. The molecule has 0 bridgehead atoms. The third-order valence-electron chi connectivity index (χ3n) is 2.81. The first-order valence-electron chi connectivity index (χ1n) is 5.63. The quantitative estimate of drug-likeness (QED) is 0.818. The minimum atomic E-state index is -0.556. The Morgan fingerprint density at radius 1 is 1.56 bits per heavy atom. The van der Waals surface area contributed by atoms with Gasteiger partial charge in [0.2, 0.25) is 11.8 Å². The van der Waals surface area contributed by atoms with Gasteiger partial charge in [-0.3, -0.25) is 9.59 Å². The lowest BCUT2D eigenvalue weighted by molar-refractivity contribution is -0.118. The number of carbonyl (C=O) groups is 2. The van der Waals surface area contributed by atoms with E-state index in [0.29, 0.717) is 18.7 Å². The number of carbonyl (C=O) groups excluding carboxylic acids is 2. The highest BCUT2D eigenvalue weighted by Gasteiger charge is 2.31. The molecule has 2 amide bonds. The van der Waals surface area contributed by atoms with Gasteiger partial charge in [-0.05, 0) is 24.6 Å². The van der Waals surface area contributed by atoms with Crippen molar-refractivity contribution in [3.05, 3.63) is 24.0 Å². The van der Waals surface area contributed by atoms with E-state index in [1.54, 1.807) is 6.07 Å². The molecule has 1 saturated heterocycles. The largest absolute Gasteiger partial charge is 0.326 e. The Hall–Kier alpha value is -1.95. The number of nitrogens with one attached hydrogen (secondary N) is 1. The molecule has 0 aromatic heterocycles. The highest BCUT2D eigenvalue weighted by molar-refractivity contribution is 5.99. The van der Waals surface area contributed by atoms with Crippen LogP contribution in [-0.2, 0) is 9.59 Å². The second-order valence-electron chi connectivity index (χ2n) is 4.23. The molecule has 5 nitrogen and oxygen atoms in total. The molecule has 2 rings (SSSR count). The molecule has 0 radical (unpaired) electrons. The maximum absolute atomic E-state index is 13.9. The average molecular weight is 251 g/mol. The molecular formula is C12H14FN3O2. The molecule has 3 N–H and O–H groups in total. The summed E-state index contributed by atoms with van der Waals surface area (Å²) in [7, 11) is 0. The van der Waals surface area contributed by atoms with Crippen molar-refractivity contribution in [1.29, 1.82) is 0 Å². The van der Waals surface area contributed by atoms with Crippen molar-refractivity contribution in [3.63, 3.8) is 0 Å². The number of rotatable bonds is 2. The van der Waals surface area contributed by atoms with E-state index in [2.05, 4.69) is 5.32 Å². The number of amides is 2. The van der Waals surface area contributed by atoms with Crippen LogP contribution in [0.1, 0.15) is 13.3 Å². The first kappa shape index (κ1) is 12.5. The number of nitrogens with two attached hydrogens (primary N) is 1. The highest BCUT2D eigenvalue weighted by Crippen LogP contribution is 2.26. The standard InChI is InChI=1S/C12H14FN3O2/c1-7(17)15-8-2-3-11(9(13)6-8)16-5-4-10(14)12(16)18/h2-3,6,10H,4-5,14H2,1H3,(H,15,17)/t10-/m0/s1. The number of halogens is 1. The zero-order valence-corrected chi connectivity index (χ0v) is 9.94. The predicted molar refractivity (Wildman–Crippen MR) is 65.6 cm³/mol. The zero-order valence-electron chi connectivity index (χ0n) is 9.94. The monoisotopic (exact) mass is 251 g/mol. The molecule has 96 valence electrons. The molecule has 1 heterocycles. The van der Waals surface area contributed by atoms with E-state index in [4.69, 9.17) is 5.73 Å². The van der Waals surface area contributed by atoms with Gasteiger partial charge in [-0.15, -0.1) is 0 Å². The Balaban J connectivity index is 2.25. The van der Waals surface area contributed by atoms with Crippen LogP contribution in [0, 0.1) is 5.82 Å². The molecule has 6 heteroatoms. The number of anilines is 2. The number of hydrogen-bond donors (Lipinski definition) is 2. The second kappa shape index (κ2) is 4.73. The maximum atomic E-state index is 13.9. The predicted octanol–water partition coefficient (Wildman–Crippen LogP) is 0.848. The summed E-state index contributed by atoms with van der Waals surface area (Å²) >= 11 is 0. The van der Waals surface area contributed by atoms with Crippen molar-refractivity contribution < 1.29 is 14.0 Å². The van der Waals surface area contributed by atoms with E-state index >= 15 is 0 Å². The van der Waals surface area contributed by atoms with Crippen molar-refractivity contribution in [2.24, 2.45) is 5.73 Å². The highest BCUT2D eigenvalue weighted by atomic mass is 19.1. The summed E-state index contributed by atoms with van der Waals surface area (Å²) in [6.45, 7) is 1.76. The number of benzene rings is 1. The van der Waals surface area contributed by atoms with Crippen molar-refractivity contribution in [2.75, 3.05) is 16.8 Å². The van der Waals surface area contributed by atoms with Crippen LogP contribution in [0.4, 0.5) is 15.8 Å². The molecule has 1 aliphatic rings. The van der Waals surface area contributed by atoms with Crippen LogP contribution >= 0.6 is 0 Å². The van der Waals surface area contributed by atoms with Crippen LogP contribution in [0.5, 0.6) is 0 Å². The van der Waals surface area contributed by atoms with Gasteiger partial charge in [-0.1, -0.05) is 0 Å².